The van der Waals surface area contributed by atoms with Crippen molar-refractivity contribution in [1.29, 1.82) is 0 Å². The molecule has 0 atom stereocenters. The Morgan fingerprint density at radius 3 is 2.36 bits per heavy atom. The van der Waals surface area contributed by atoms with E-state index in [2.05, 4.69) is 5.32 Å². The van der Waals surface area contributed by atoms with Gasteiger partial charge in [0, 0.05) is 35.4 Å². The minimum Gasteiger partial charge on any atom is -0.507 e. The minimum atomic E-state index is -0.703. The van der Waals surface area contributed by atoms with Crippen LogP contribution >= 0.6 is 0 Å². The Morgan fingerprint density at radius 2 is 1.73 bits per heavy atom. The van der Waals surface area contributed by atoms with Gasteiger partial charge in [0.05, 0.1) is 24.7 Å². The monoisotopic (exact) mass is 452 g/mol. The summed E-state index contributed by atoms with van der Waals surface area (Å²) < 4.78 is 10.1. The maximum atomic E-state index is 12.8. The number of phenols is 1. The van der Waals surface area contributed by atoms with Crippen LogP contribution in [0.4, 0.5) is 11.4 Å². The number of carbonyl (C=O) groups excluding carboxylic acids is 3. The first-order chi connectivity index (χ1) is 15.7. The summed E-state index contributed by atoms with van der Waals surface area (Å²) in [7, 11) is 2.53. The van der Waals surface area contributed by atoms with Crippen LogP contribution in [0, 0.1) is 10.1 Å². The van der Waals surface area contributed by atoms with Crippen molar-refractivity contribution in [2.75, 3.05) is 19.5 Å². The smallest absolute Gasteiger partial charge is 0.271 e. The Bertz CT molecular complexity index is 1240. The number of amides is 1. The Balaban J connectivity index is 1.89. The van der Waals surface area contributed by atoms with Crippen LogP contribution in [-0.2, 0) is 25.5 Å². The summed E-state index contributed by atoms with van der Waals surface area (Å²) in [4.78, 5) is 48.4. The molecule has 10 heteroatoms. The first kappa shape index (κ1) is 23.2. The highest BCUT2D eigenvalue weighted by Gasteiger charge is 2.34. The number of nitro groups is 1. The van der Waals surface area contributed by atoms with Crippen molar-refractivity contribution in [2.24, 2.45) is 0 Å². The van der Waals surface area contributed by atoms with E-state index < -0.39 is 22.4 Å². The summed E-state index contributed by atoms with van der Waals surface area (Å²) in [5.41, 5.74) is 0.705. The standard InChI is InChI=1S/C23H20N2O8/c1-12-16(20(28)22(33-3)21(32-2)19(12)27)9-13-7-8-18(26)17(10-13)23(29)24-14-5-4-6-15(11-14)25(30)31/h4-8,10-11,26H,9H2,1-3H3,(H,24,29). The van der Waals surface area contributed by atoms with Gasteiger partial charge in [0.25, 0.3) is 11.6 Å². The Morgan fingerprint density at radius 1 is 1.06 bits per heavy atom. The van der Waals surface area contributed by atoms with Gasteiger partial charge in [-0.3, -0.25) is 24.5 Å². The van der Waals surface area contributed by atoms with Gasteiger partial charge in [0.15, 0.2) is 0 Å². The number of hydrogen-bond donors (Lipinski definition) is 2. The summed E-state index contributed by atoms with van der Waals surface area (Å²) in [6, 6.07) is 9.53. The number of hydrogen-bond acceptors (Lipinski definition) is 8. The Kier molecular flexibility index (Phi) is 6.57. The Labute approximate surface area is 188 Å². The normalized spacial score (nSPS) is 13.8. The zero-order valence-electron chi connectivity index (χ0n) is 18.0. The molecule has 0 heterocycles. The van der Waals surface area contributed by atoms with Gasteiger partial charge in [-0.2, -0.15) is 0 Å². The third kappa shape index (κ3) is 4.59. The van der Waals surface area contributed by atoms with E-state index in [0.29, 0.717) is 5.56 Å². The third-order valence-electron chi connectivity index (χ3n) is 5.10. The van der Waals surface area contributed by atoms with Crippen LogP contribution in [0.5, 0.6) is 5.75 Å². The average molecular weight is 452 g/mol. The largest absolute Gasteiger partial charge is 0.507 e. The van der Waals surface area contributed by atoms with Crippen LogP contribution in [0.2, 0.25) is 0 Å². The van der Waals surface area contributed by atoms with Crippen molar-refractivity contribution in [3.8, 4) is 5.75 Å². The molecule has 0 saturated carbocycles. The van der Waals surface area contributed by atoms with Gasteiger partial charge in [-0.25, -0.2) is 0 Å². The molecule has 0 aromatic heterocycles. The van der Waals surface area contributed by atoms with Gasteiger partial charge in [0.1, 0.15) is 5.75 Å². The minimum absolute atomic E-state index is 0.00235. The van der Waals surface area contributed by atoms with Crippen LogP contribution in [0.25, 0.3) is 0 Å². The second kappa shape index (κ2) is 9.35. The molecule has 1 aliphatic carbocycles. The third-order valence-corrected chi connectivity index (χ3v) is 5.10. The van der Waals surface area contributed by atoms with E-state index in [9.17, 15) is 29.6 Å². The molecule has 1 amide bonds. The van der Waals surface area contributed by atoms with E-state index in [1.807, 2.05) is 0 Å². The number of nitro benzene ring substituents is 1. The van der Waals surface area contributed by atoms with Crippen LogP contribution in [0.3, 0.4) is 0 Å². The second-order valence-electron chi connectivity index (χ2n) is 7.12. The van der Waals surface area contributed by atoms with Crippen molar-refractivity contribution >= 4 is 28.8 Å². The summed E-state index contributed by atoms with van der Waals surface area (Å²) in [6.45, 7) is 1.50. The lowest BCUT2D eigenvalue weighted by molar-refractivity contribution is -0.384. The average Bonchev–Trinajstić information content (AvgIpc) is 2.80. The lowest BCUT2D eigenvalue weighted by Gasteiger charge is -2.20. The summed E-state index contributed by atoms with van der Waals surface area (Å²) in [5.74, 6) is -2.39. The van der Waals surface area contributed by atoms with Gasteiger partial charge in [-0.15, -0.1) is 0 Å². The quantitative estimate of drug-likeness (QED) is 0.370. The fourth-order valence-electron chi connectivity index (χ4n) is 3.38. The van der Waals surface area contributed by atoms with E-state index in [0.717, 1.165) is 0 Å². The molecule has 33 heavy (non-hydrogen) atoms. The number of ketones is 2. The number of rotatable bonds is 7. The molecule has 0 unspecified atom stereocenters. The molecule has 10 nitrogen and oxygen atoms in total. The highest BCUT2D eigenvalue weighted by Crippen LogP contribution is 2.29. The van der Waals surface area contributed by atoms with E-state index in [-0.39, 0.29) is 51.8 Å². The number of aromatic hydroxyl groups is 1. The number of nitrogens with one attached hydrogen (secondary N) is 1. The van der Waals surface area contributed by atoms with Crippen LogP contribution < -0.4 is 5.32 Å². The summed E-state index contributed by atoms with van der Waals surface area (Å²) in [6.07, 6.45) is -0.00235. The fraction of sp³-hybridized carbons (Fsp3) is 0.174. The molecule has 2 aromatic carbocycles. The number of ether oxygens (including phenoxy) is 2. The molecule has 0 fully saturated rings. The van der Waals surface area contributed by atoms with Crippen LogP contribution in [0.15, 0.2) is 65.1 Å². The Hall–Kier alpha value is -4.47. The molecule has 3 rings (SSSR count). The number of carbonyl (C=O) groups is 3. The molecule has 2 aromatic rings. The van der Waals surface area contributed by atoms with E-state index in [4.69, 9.17) is 9.47 Å². The molecule has 0 spiro atoms. The highest BCUT2D eigenvalue weighted by atomic mass is 16.6. The van der Waals surface area contributed by atoms with Gasteiger partial charge < -0.3 is 19.9 Å². The lowest BCUT2D eigenvalue weighted by Crippen LogP contribution is -2.26. The molecular weight excluding hydrogens is 432 g/mol. The summed E-state index contributed by atoms with van der Waals surface area (Å²) >= 11 is 0. The number of anilines is 1. The predicted octanol–water partition coefficient (Wildman–Crippen LogP) is 3.07. The van der Waals surface area contributed by atoms with Gasteiger partial charge >= 0.3 is 0 Å². The van der Waals surface area contributed by atoms with E-state index in [1.54, 1.807) is 0 Å². The zero-order chi connectivity index (χ0) is 24.3. The first-order valence-corrected chi connectivity index (χ1v) is 9.67. The van der Waals surface area contributed by atoms with Crippen molar-refractivity contribution < 1.29 is 33.9 Å². The maximum absolute atomic E-state index is 12.8. The number of methoxy groups -OCH3 is 2. The number of allylic oxidation sites excluding steroid dienone is 2. The van der Waals surface area contributed by atoms with Crippen molar-refractivity contribution in [3.63, 3.8) is 0 Å². The van der Waals surface area contributed by atoms with Gasteiger partial charge in [0.2, 0.25) is 23.1 Å². The summed E-state index contributed by atoms with van der Waals surface area (Å²) in [5, 5.41) is 23.6. The van der Waals surface area contributed by atoms with Gasteiger partial charge in [-0.1, -0.05) is 12.1 Å². The topological polar surface area (TPSA) is 145 Å². The molecule has 0 saturated heterocycles. The van der Waals surface area contributed by atoms with Crippen LogP contribution in [0.1, 0.15) is 22.8 Å². The maximum Gasteiger partial charge on any atom is 0.271 e. The second-order valence-corrected chi connectivity index (χ2v) is 7.12. The number of benzene rings is 2. The zero-order valence-corrected chi connectivity index (χ0v) is 18.0. The van der Waals surface area contributed by atoms with Crippen molar-refractivity contribution in [3.05, 3.63) is 86.4 Å². The number of Topliss-reactive ketones (excluding diaryl/α,β-unsaturated/α-hetero) is 2. The number of non-ortho nitro benzene ring substituents is 1. The molecule has 1 aliphatic rings. The highest BCUT2D eigenvalue weighted by molar-refractivity contribution is 6.23. The number of phenolic OH excluding ortho intramolecular Hbond substituents is 1. The van der Waals surface area contributed by atoms with E-state index >= 15 is 0 Å². The molecule has 0 radical (unpaired) electrons. The SMILES string of the molecule is COC1=C(OC)C(=O)C(Cc2ccc(O)c(C(=O)Nc3cccc([N+](=O)[O-])c3)c2)=C(C)C1=O. The van der Waals surface area contributed by atoms with Gasteiger partial charge in [-0.05, 0) is 30.7 Å². The lowest BCUT2D eigenvalue weighted by atomic mass is 9.88. The van der Waals surface area contributed by atoms with Crippen LogP contribution in [-0.4, -0.2) is 41.7 Å². The molecule has 170 valence electrons. The van der Waals surface area contributed by atoms with Crippen molar-refractivity contribution in [1.82, 2.24) is 0 Å². The molecule has 0 bridgehead atoms. The predicted molar refractivity (Wildman–Crippen MR) is 117 cm³/mol. The molecule has 0 aliphatic heterocycles. The van der Waals surface area contributed by atoms with Crippen molar-refractivity contribution in [2.45, 2.75) is 13.3 Å². The fourth-order valence-corrected chi connectivity index (χ4v) is 3.38. The number of nitrogens with zero attached hydrogens (tertiary/aromatic N) is 1. The molecule has 2 N–H and O–H groups in total. The first-order valence-electron chi connectivity index (χ1n) is 9.67. The van der Waals surface area contributed by atoms with E-state index in [1.165, 1.54) is 63.6 Å². The molecular formula is C23H20N2O8.